The second-order valence-corrected chi connectivity index (χ2v) is 9.65. The number of halogens is 1. The summed E-state index contributed by atoms with van der Waals surface area (Å²) in [6.07, 6.45) is 8.17. The topological polar surface area (TPSA) is 43.4 Å². The van der Waals surface area contributed by atoms with Crippen molar-refractivity contribution >= 4 is 23.4 Å². The van der Waals surface area contributed by atoms with Crippen LogP contribution in [0.2, 0.25) is 0 Å². The molecule has 0 heterocycles. The van der Waals surface area contributed by atoms with Gasteiger partial charge >= 0.3 is 5.97 Å². The number of carbonyl (C=O) groups is 2. The van der Waals surface area contributed by atoms with Crippen LogP contribution in [0.15, 0.2) is 10.6 Å². The fraction of sp³-hybridized carbons (Fsp3) is 0.810. The Morgan fingerprint density at radius 2 is 1.84 bits per heavy atom. The molecular weight excluding hydrogens is 336 g/mol. The van der Waals surface area contributed by atoms with E-state index in [0.29, 0.717) is 29.2 Å². The summed E-state index contributed by atoms with van der Waals surface area (Å²) < 4.78 is 5.71. The third-order valence-corrected chi connectivity index (χ3v) is 8.71. The molecule has 25 heavy (non-hydrogen) atoms. The molecule has 4 aliphatic rings. The van der Waals surface area contributed by atoms with Gasteiger partial charge in [-0.3, -0.25) is 9.59 Å². The molecule has 138 valence electrons. The van der Waals surface area contributed by atoms with Gasteiger partial charge in [-0.05, 0) is 73.7 Å². The predicted molar refractivity (Wildman–Crippen MR) is 97.1 cm³/mol. The first-order valence-electron chi connectivity index (χ1n) is 9.87. The Balaban J connectivity index is 1.65. The lowest BCUT2D eigenvalue weighted by molar-refractivity contribution is -0.157. The molecular formula is C21H29ClO3. The fourth-order valence-electron chi connectivity index (χ4n) is 7.00. The van der Waals surface area contributed by atoms with Crippen molar-refractivity contribution < 1.29 is 14.3 Å². The second-order valence-electron chi connectivity index (χ2n) is 9.27. The van der Waals surface area contributed by atoms with E-state index in [1.807, 2.05) is 0 Å². The summed E-state index contributed by atoms with van der Waals surface area (Å²) in [5, 5.41) is 0.546. The maximum atomic E-state index is 12.1. The van der Waals surface area contributed by atoms with E-state index in [-0.39, 0.29) is 28.7 Å². The van der Waals surface area contributed by atoms with Crippen LogP contribution in [-0.4, -0.2) is 17.9 Å². The van der Waals surface area contributed by atoms with Crippen LogP contribution >= 0.6 is 11.6 Å². The Kier molecular flexibility index (Phi) is 4.10. The van der Waals surface area contributed by atoms with Gasteiger partial charge in [0.2, 0.25) is 0 Å². The van der Waals surface area contributed by atoms with Crippen molar-refractivity contribution in [3.63, 3.8) is 0 Å². The van der Waals surface area contributed by atoms with Crippen molar-refractivity contribution in [1.82, 2.24) is 0 Å². The molecule has 3 nitrogen and oxygen atoms in total. The van der Waals surface area contributed by atoms with Crippen LogP contribution in [0.1, 0.15) is 72.1 Å². The highest BCUT2D eigenvalue weighted by atomic mass is 35.5. The Hall–Kier alpha value is -0.830. The van der Waals surface area contributed by atoms with Crippen LogP contribution in [0.4, 0.5) is 0 Å². The van der Waals surface area contributed by atoms with Crippen LogP contribution in [0.3, 0.4) is 0 Å². The van der Waals surface area contributed by atoms with E-state index in [2.05, 4.69) is 13.8 Å². The molecule has 0 unspecified atom stereocenters. The summed E-state index contributed by atoms with van der Waals surface area (Å²) in [7, 11) is 0. The van der Waals surface area contributed by atoms with Crippen molar-refractivity contribution in [3.05, 3.63) is 10.6 Å². The highest BCUT2D eigenvalue weighted by Crippen LogP contribution is 2.66. The molecule has 0 amide bonds. The van der Waals surface area contributed by atoms with Gasteiger partial charge in [0.05, 0.1) is 5.03 Å². The number of allylic oxidation sites excluding steroid dienone is 1. The van der Waals surface area contributed by atoms with E-state index < -0.39 is 0 Å². The molecule has 6 atom stereocenters. The summed E-state index contributed by atoms with van der Waals surface area (Å²) in [5.74, 6) is 1.92. The Morgan fingerprint density at radius 1 is 1.08 bits per heavy atom. The zero-order valence-electron chi connectivity index (χ0n) is 15.6. The highest BCUT2D eigenvalue weighted by Gasteiger charge is 2.60. The number of fused-ring (bicyclic) bond motifs is 5. The minimum atomic E-state index is -0.146. The molecule has 3 saturated carbocycles. The first-order valence-corrected chi connectivity index (χ1v) is 10.2. The predicted octanol–water partition coefficient (Wildman–Crippen LogP) is 5.02. The van der Waals surface area contributed by atoms with Gasteiger partial charge in [-0.25, -0.2) is 0 Å². The van der Waals surface area contributed by atoms with E-state index in [4.69, 9.17) is 16.3 Å². The number of esters is 1. The molecule has 0 aromatic heterocycles. The minimum absolute atomic E-state index is 0.0808. The first-order chi connectivity index (χ1) is 11.8. The number of hydrogen-bond acceptors (Lipinski definition) is 3. The van der Waals surface area contributed by atoms with E-state index >= 15 is 0 Å². The van der Waals surface area contributed by atoms with Gasteiger partial charge in [-0.2, -0.15) is 0 Å². The standard InChI is InChI=1S/C21H29ClO3/c1-12(23)25-18-7-6-14-13-4-5-16-19(22)17(24)9-11-20(16,2)15(13)8-10-21(14,18)3/h13-15,18H,4-11H2,1-3H3/t13-,14-,15-,18+,20-,21+/m1/s1. The number of ketones is 1. The molecule has 4 aliphatic carbocycles. The Bertz CT molecular complexity index is 654. The van der Waals surface area contributed by atoms with Gasteiger partial charge < -0.3 is 4.74 Å². The number of hydrogen-bond donors (Lipinski definition) is 0. The summed E-state index contributed by atoms with van der Waals surface area (Å²) in [6, 6.07) is 0. The van der Waals surface area contributed by atoms with Crippen molar-refractivity contribution in [2.75, 3.05) is 0 Å². The minimum Gasteiger partial charge on any atom is -0.462 e. The van der Waals surface area contributed by atoms with Gasteiger partial charge in [0.1, 0.15) is 6.10 Å². The lowest BCUT2D eigenvalue weighted by atomic mass is 9.47. The van der Waals surface area contributed by atoms with E-state index in [1.165, 1.54) is 12.5 Å². The van der Waals surface area contributed by atoms with Crippen molar-refractivity contribution in [1.29, 1.82) is 0 Å². The van der Waals surface area contributed by atoms with E-state index in [1.54, 1.807) is 0 Å². The molecule has 4 rings (SSSR count). The molecule has 0 bridgehead atoms. The smallest absolute Gasteiger partial charge is 0.302 e. The van der Waals surface area contributed by atoms with Crippen molar-refractivity contribution in [2.45, 2.75) is 78.2 Å². The zero-order chi connectivity index (χ0) is 18.0. The summed E-state index contributed by atoms with van der Waals surface area (Å²) in [4.78, 5) is 23.6. The summed E-state index contributed by atoms with van der Waals surface area (Å²) in [5.41, 5.74) is 1.46. The molecule has 0 spiro atoms. The molecule has 0 aromatic rings. The van der Waals surface area contributed by atoms with Crippen LogP contribution < -0.4 is 0 Å². The van der Waals surface area contributed by atoms with E-state index in [0.717, 1.165) is 44.9 Å². The molecule has 4 heteroatoms. The first kappa shape index (κ1) is 17.6. The fourth-order valence-corrected chi connectivity index (χ4v) is 7.40. The SMILES string of the molecule is CC(=O)O[C@H]1CC[C@@H]2[C@H]3CCC4=C(Cl)C(=O)CC[C@]4(C)[C@@H]3CC[C@]12C. The lowest BCUT2D eigenvalue weighted by Crippen LogP contribution is -2.52. The van der Waals surface area contributed by atoms with Crippen LogP contribution in [-0.2, 0) is 14.3 Å². The highest BCUT2D eigenvalue weighted by molar-refractivity contribution is 6.43. The lowest BCUT2D eigenvalue weighted by Gasteiger charge is -2.58. The molecule has 3 fully saturated rings. The number of ether oxygens (including phenoxy) is 1. The third-order valence-electron chi connectivity index (χ3n) is 8.27. The van der Waals surface area contributed by atoms with Crippen LogP contribution in [0.5, 0.6) is 0 Å². The van der Waals surface area contributed by atoms with Crippen molar-refractivity contribution in [3.8, 4) is 0 Å². The number of rotatable bonds is 1. The number of carbonyl (C=O) groups excluding carboxylic acids is 2. The maximum Gasteiger partial charge on any atom is 0.302 e. The molecule has 0 saturated heterocycles. The third kappa shape index (κ3) is 2.44. The van der Waals surface area contributed by atoms with Crippen LogP contribution in [0, 0.1) is 28.6 Å². The van der Waals surface area contributed by atoms with Gasteiger partial charge in [-0.1, -0.05) is 25.4 Å². The average Bonchev–Trinajstić information content (AvgIpc) is 2.88. The largest absolute Gasteiger partial charge is 0.462 e. The van der Waals surface area contributed by atoms with Gasteiger partial charge in [0.25, 0.3) is 0 Å². The quantitative estimate of drug-likeness (QED) is 0.614. The molecule has 0 N–H and O–H groups in total. The average molecular weight is 365 g/mol. The van der Waals surface area contributed by atoms with E-state index in [9.17, 15) is 9.59 Å². The summed E-state index contributed by atoms with van der Waals surface area (Å²) >= 11 is 6.45. The molecule has 0 radical (unpaired) electrons. The molecule has 0 aromatic carbocycles. The summed E-state index contributed by atoms with van der Waals surface area (Å²) in [6.45, 7) is 6.23. The Labute approximate surface area is 155 Å². The van der Waals surface area contributed by atoms with Crippen molar-refractivity contribution in [2.24, 2.45) is 28.6 Å². The second kappa shape index (κ2) is 5.84. The number of Topliss-reactive ketones (excluding diaryl/α,β-unsaturated/α-hetero) is 1. The Morgan fingerprint density at radius 3 is 2.56 bits per heavy atom. The zero-order valence-corrected chi connectivity index (χ0v) is 16.3. The van der Waals surface area contributed by atoms with Gasteiger partial charge in [0.15, 0.2) is 5.78 Å². The van der Waals surface area contributed by atoms with Gasteiger partial charge in [-0.15, -0.1) is 0 Å². The van der Waals surface area contributed by atoms with Gasteiger partial charge in [0, 0.05) is 18.8 Å². The maximum absolute atomic E-state index is 12.1. The molecule has 0 aliphatic heterocycles. The normalized spacial score (nSPS) is 46.3. The van der Waals surface area contributed by atoms with Crippen LogP contribution in [0.25, 0.3) is 0 Å². The monoisotopic (exact) mass is 364 g/mol.